The van der Waals surface area contributed by atoms with Crippen LogP contribution >= 0.6 is 0 Å². The molecule has 0 aliphatic rings. The smallest absolute Gasteiger partial charge is 0.207 e. The molecule has 0 unspecified atom stereocenters. The molecule has 0 amide bonds. The summed E-state index contributed by atoms with van der Waals surface area (Å²) < 4.78 is 39.8. The van der Waals surface area contributed by atoms with Gasteiger partial charge in [0.05, 0.1) is 4.90 Å². The van der Waals surface area contributed by atoms with Gasteiger partial charge < -0.3 is 0 Å². The monoisotopic (exact) mass is 315 g/mol. The third kappa shape index (κ3) is 5.75. The molecule has 1 aromatic rings. The van der Waals surface area contributed by atoms with Crippen LogP contribution in [0.25, 0.3) is 0 Å². The number of halogens is 1. The van der Waals surface area contributed by atoms with Crippen molar-refractivity contribution in [3.8, 4) is 0 Å². The summed E-state index contributed by atoms with van der Waals surface area (Å²) >= 11 is 0. The lowest BCUT2D eigenvalue weighted by atomic mass is 10.2. The molecule has 0 aliphatic carbocycles. The zero-order valence-electron chi connectivity index (χ0n) is 13.0. The van der Waals surface area contributed by atoms with Gasteiger partial charge in [-0.25, -0.2) is 12.8 Å². The predicted molar refractivity (Wildman–Crippen MR) is 84.2 cm³/mol. The Morgan fingerprint density at radius 3 is 1.81 bits per heavy atom. The fraction of sp³-hybridized carbons (Fsp3) is 0.625. The maximum atomic E-state index is 13.0. The van der Waals surface area contributed by atoms with Gasteiger partial charge >= 0.3 is 0 Å². The third-order valence-electron chi connectivity index (χ3n) is 3.47. The molecule has 0 saturated heterocycles. The van der Waals surface area contributed by atoms with E-state index in [0.717, 1.165) is 38.5 Å². The van der Waals surface area contributed by atoms with E-state index in [9.17, 15) is 12.8 Å². The first kappa shape index (κ1) is 18.1. The SMILES string of the molecule is CCCCCN(CCCCC)S(=O)(=O)c1ccc(F)cc1. The Kier molecular flexibility index (Phi) is 7.89. The van der Waals surface area contributed by atoms with Crippen LogP contribution < -0.4 is 0 Å². The summed E-state index contributed by atoms with van der Waals surface area (Å²) in [4.78, 5) is 0.178. The highest BCUT2D eigenvalue weighted by molar-refractivity contribution is 7.89. The number of hydrogen-bond donors (Lipinski definition) is 0. The molecule has 0 bridgehead atoms. The van der Waals surface area contributed by atoms with Gasteiger partial charge in [0.2, 0.25) is 10.0 Å². The van der Waals surface area contributed by atoms with Crippen molar-refractivity contribution in [1.82, 2.24) is 4.31 Å². The fourth-order valence-electron chi connectivity index (χ4n) is 2.18. The van der Waals surface area contributed by atoms with E-state index in [1.807, 2.05) is 0 Å². The molecular formula is C16H26FNO2S. The second-order valence-electron chi connectivity index (χ2n) is 5.27. The van der Waals surface area contributed by atoms with Crippen LogP contribution in [-0.4, -0.2) is 25.8 Å². The van der Waals surface area contributed by atoms with Gasteiger partial charge in [0.25, 0.3) is 0 Å². The number of nitrogens with zero attached hydrogens (tertiary/aromatic N) is 1. The molecule has 0 atom stereocenters. The number of benzene rings is 1. The van der Waals surface area contributed by atoms with E-state index >= 15 is 0 Å². The molecule has 0 radical (unpaired) electrons. The van der Waals surface area contributed by atoms with Crippen LogP contribution in [0.5, 0.6) is 0 Å². The van der Waals surface area contributed by atoms with Gasteiger partial charge in [0.15, 0.2) is 0 Å². The van der Waals surface area contributed by atoms with Crippen LogP contribution in [0.4, 0.5) is 4.39 Å². The maximum absolute atomic E-state index is 13.0. The molecule has 0 aliphatic heterocycles. The minimum atomic E-state index is -3.51. The number of rotatable bonds is 10. The Hall–Kier alpha value is -0.940. The Morgan fingerprint density at radius 2 is 1.38 bits per heavy atom. The summed E-state index contributed by atoms with van der Waals surface area (Å²) in [6.07, 6.45) is 5.87. The highest BCUT2D eigenvalue weighted by atomic mass is 32.2. The second kappa shape index (κ2) is 9.15. The van der Waals surface area contributed by atoms with Crippen molar-refractivity contribution in [2.75, 3.05) is 13.1 Å². The quantitative estimate of drug-likeness (QED) is 0.607. The fourth-order valence-corrected chi connectivity index (χ4v) is 3.70. The van der Waals surface area contributed by atoms with Crippen molar-refractivity contribution < 1.29 is 12.8 Å². The first-order valence-electron chi connectivity index (χ1n) is 7.78. The average Bonchev–Trinajstić information content (AvgIpc) is 2.46. The number of sulfonamides is 1. The van der Waals surface area contributed by atoms with Crippen molar-refractivity contribution >= 4 is 10.0 Å². The molecule has 5 heteroatoms. The molecular weight excluding hydrogens is 289 g/mol. The highest BCUT2D eigenvalue weighted by Gasteiger charge is 2.23. The summed E-state index contributed by atoms with van der Waals surface area (Å²) in [6.45, 7) is 5.26. The summed E-state index contributed by atoms with van der Waals surface area (Å²) in [6, 6.07) is 5.08. The largest absolute Gasteiger partial charge is 0.243 e. The molecule has 21 heavy (non-hydrogen) atoms. The van der Waals surface area contributed by atoms with Gasteiger partial charge in [0, 0.05) is 13.1 Å². The lowest BCUT2D eigenvalue weighted by Gasteiger charge is -2.22. The number of unbranched alkanes of at least 4 members (excludes halogenated alkanes) is 4. The normalized spacial score (nSPS) is 12.0. The molecule has 3 nitrogen and oxygen atoms in total. The molecule has 0 N–H and O–H groups in total. The summed E-state index contributed by atoms with van der Waals surface area (Å²) in [5.41, 5.74) is 0. The van der Waals surface area contributed by atoms with Crippen LogP contribution in [0.1, 0.15) is 52.4 Å². The van der Waals surface area contributed by atoms with Crippen molar-refractivity contribution in [2.24, 2.45) is 0 Å². The minimum Gasteiger partial charge on any atom is -0.207 e. The zero-order valence-corrected chi connectivity index (χ0v) is 13.8. The molecule has 1 aromatic carbocycles. The van der Waals surface area contributed by atoms with Crippen molar-refractivity contribution in [3.05, 3.63) is 30.1 Å². The Labute approximate surface area is 128 Å². The minimum absolute atomic E-state index is 0.178. The van der Waals surface area contributed by atoms with E-state index in [1.54, 1.807) is 4.31 Å². The van der Waals surface area contributed by atoms with E-state index in [1.165, 1.54) is 24.3 Å². The average molecular weight is 315 g/mol. The van der Waals surface area contributed by atoms with Crippen LogP contribution in [0, 0.1) is 5.82 Å². The molecule has 0 fully saturated rings. The first-order valence-corrected chi connectivity index (χ1v) is 9.22. The third-order valence-corrected chi connectivity index (χ3v) is 5.39. The van der Waals surface area contributed by atoms with Gasteiger partial charge in [-0.2, -0.15) is 4.31 Å². The van der Waals surface area contributed by atoms with Crippen LogP contribution in [0.15, 0.2) is 29.2 Å². The van der Waals surface area contributed by atoms with Crippen molar-refractivity contribution in [3.63, 3.8) is 0 Å². The van der Waals surface area contributed by atoms with Gasteiger partial charge in [-0.1, -0.05) is 39.5 Å². The molecule has 0 aromatic heterocycles. The van der Waals surface area contributed by atoms with E-state index in [-0.39, 0.29) is 4.90 Å². The van der Waals surface area contributed by atoms with Crippen LogP contribution in [0.2, 0.25) is 0 Å². The van der Waals surface area contributed by atoms with E-state index in [4.69, 9.17) is 0 Å². The summed E-state index contributed by atoms with van der Waals surface area (Å²) in [5, 5.41) is 0. The second-order valence-corrected chi connectivity index (χ2v) is 7.21. The molecule has 0 saturated carbocycles. The number of hydrogen-bond acceptors (Lipinski definition) is 2. The van der Waals surface area contributed by atoms with Gasteiger partial charge in [0.1, 0.15) is 5.82 Å². The summed E-state index contributed by atoms with van der Waals surface area (Å²) in [7, 11) is -3.51. The molecule has 1 rings (SSSR count). The van der Waals surface area contributed by atoms with E-state index < -0.39 is 15.8 Å². The van der Waals surface area contributed by atoms with Gasteiger partial charge in [-0.15, -0.1) is 0 Å². The Balaban J connectivity index is 2.84. The van der Waals surface area contributed by atoms with Crippen LogP contribution in [0.3, 0.4) is 0 Å². The topological polar surface area (TPSA) is 37.4 Å². The van der Waals surface area contributed by atoms with E-state index in [0.29, 0.717) is 13.1 Å². The zero-order chi connectivity index (χ0) is 15.7. The van der Waals surface area contributed by atoms with Crippen molar-refractivity contribution in [1.29, 1.82) is 0 Å². The standard InChI is InChI=1S/C16H26FNO2S/c1-3-5-7-13-18(14-8-6-4-2)21(19,20)16-11-9-15(17)10-12-16/h9-12H,3-8,13-14H2,1-2H3. The predicted octanol–water partition coefficient (Wildman–Crippen LogP) is 4.20. The highest BCUT2D eigenvalue weighted by Crippen LogP contribution is 2.18. The lowest BCUT2D eigenvalue weighted by Crippen LogP contribution is -2.33. The van der Waals surface area contributed by atoms with Gasteiger partial charge in [-0.3, -0.25) is 0 Å². The lowest BCUT2D eigenvalue weighted by molar-refractivity contribution is 0.388. The first-order chi connectivity index (χ1) is 10.0. The van der Waals surface area contributed by atoms with Gasteiger partial charge in [-0.05, 0) is 37.1 Å². The maximum Gasteiger partial charge on any atom is 0.243 e. The summed E-state index contributed by atoms with van der Waals surface area (Å²) in [5.74, 6) is -0.419. The Morgan fingerprint density at radius 1 is 0.905 bits per heavy atom. The molecule has 0 spiro atoms. The Bertz CT molecular complexity index is 490. The molecule has 120 valence electrons. The van der Waals surface area contributed by atoms with Crippen LogP contribution in [-0.2, 0) is 10.0 Å². The molecule has 0 heterocycles. The van der Waals surface area contributed by atoms with E-state index in [2.05, 4.69) is 13.8 Å². The van der Waals surface area contributed by atoms with Crippen molar-refractivity contribution in [2.45, 2.75) is 57.3 Å².